The van der Waals surface area contributed by atoms with E-state index >= 15 is 0 Å². The lowest BCUT2D eigenvalue weighted by Crippen LogP contribution is -2.01. The van der Waals surface area contributed by atoms with E-state index in [-0.39, 0.29) is 5.91 Å². The first kappa shape index (κ1) is 9.71. The van der Waals surface area contributed by atoms with E-state index in [2.05, 4.69) is 12.3 Å². The molecule has 0 saturated carbocycles. The average Bonchev–Trinajstić information content (AvgIpc) is 1.33. The van der Waals surface area contributed by atoms with Gasteiger partial charge in [-0.25, -0.2) is 0 Å². The van der Waals surface area contributed by atoms with Crippen LogP contribution in [0.5, 0.6) is 0 Å². The van der Waals surface area contributed by atoms with Gasteiger partial charge in [0.05, 0.1) is 0 Å². The Hall–Kier alpha value is -0.500. The summed E-state index contributed by atoms with van der Waals surface area (Å²) in [6, 6.07) is 0. The summed E-state index contributed by atoms with van der Waals surface area (Å²) >= 11 is 4.76. The number of hydrogen-bond donors (Lipinski definition) is 1. The maximum Gasteiger partial charge on any atom is 0.214 e. The van der Waals surface area contributed by atoms with Crippen molar-refractivity contribution < 1.29 is 4.79 Å². The van der Waals surface area contributed by atoms with Gasteiger partial charge in [0.2, 0.25) is 5.91 Å². The van der Waals surface area contributed by atoms with E-state index < -0.39 is 0 Å². The predicted molar refractivity (Wildman–Crippen MR) is 30.9 cm³/mol. The van der Waals surface area contributed by atoms with E-state index in [1.165, 1.54) is 12.5 Å². The molecule has 0 aliphatic rings. The van der Waals surface area contributed by atoms with Crippen LogP contribution in [0, 0.1) is 0 Å². The molecule has 0 heterocycles. The Bertz CT molecular complexity index is 58.7. The molecule has 7 heavy (non-hydrogen) atoms. The average molecular weight is 122 g/mol. The number of nitrogens with two attached hydrogens (primary N) is 1. The third kappa shape index (κ3) is 270. The molecule has 0 unspecified atom stereocenters. The molecule has 0 bridgehead atoms. The van der Waals surface area contributed by atoms with Crippen molar-refractivity contribution in [3.8, 4) is 0 Å². The summed E-state index contributed by atoms with van der Waals surface area (Å²) in [6.45, 7) is 4.43. The molecular weight excluding hydrogens is 114 g/mol. The highest BCUT2D eigenvalue weighted by molar-refractivity contribution is 6.25. The number of halogens is 1. The van der Waals surface area contributed by atoms with Crippen LogP contribution in [0.2, 0.25) is 0 Å². The first-order valence-corrected chi connectivity index (χ1v) is 2.06. The summed E-state index contributed by atoms with van der Waals surface area (Å²) in [5.74, 6) is -0.333. The lowest BCUT2D eigenvalue weighted by atomic mass is 10.8. The number of carbonyl (C=O) groups excluding carboxylic acids is 1. The summed E-state index contributed by atoms with van der Waals surface area (Å²) < 4.78 is 0. The molecule has 42 valence electrons. The number of hydrogen-bond acceptors (Lipinski definition) is 1. The molecule has 0 aliphatic heterocycles. The van der Waals surface area contributed by atoms with E-state index in [0.717, 1.165) is 0 Å². The lowest BCUT2D eigenvalue weighted by Gasteiger charge is -1.60. The zero-order valence-corrected chi connectivity index (χ0v) is 4.90. The third-order valence-electron chi connectivity index (χ3n) is 0. The molecule has 0 aromatic carbocycles. The highest BCUT2D eigenvalue weighted by Gasteiger charge is 1.61. The van der Waals surface area contributed by atoms with Crippen molar-refractivity contribution in [2.45, 2.75) is 6.92 Å². The standard InChI is InChI=1S/C2H3Cl.C2H5NO/c1-2-3;1-2(3)4/h2H,1H2;1H3,(H2,3,4). The number of amides is 1. The Morgan fingerprint density at radius 3 is 2.00 bits per heavy atom. The fourth-order valence-electron chi connectivity index (χ4n) is 0. The Morgan fingerprint density at radius 2 is 2.00 bits per heavy atom. The van der Waals surface area contributed by atoms with Crippen LogP contribution in [0.1, 0.15) is 6.92 Å². The predicted octanol–water partition coefficient (Wildman–Crippen LogP) is 0.860. The smallest absolute Gasteiger partial charge is 0.214 e. The molecule has 0 saturated heterocycles. The molecule has 0 atom stereocenters. The summed E-state index contributed by atoms with van der Waals surface area (Å²) in [4.78, 5) is 9.22. The Morgan fingerprint density at radius 1 is 2.00 bits per heavy atom. The quantitative estimate of drug-likeness (QED) is 0.508. The molecule has 2 nitrogen and oxygen atoms in total. The third-order valence-corrected chi connectivity index (χ3v) is 0. The van der Waals surface area contributed by atoms with Gasteiger partial charge < -0.3 is 5.73 Å². The number of carbonyl (C=O) groups is 1. The van der Waals surface area contributed by atoms with Crippen LogP contribution < -0.4 is 5.73 Å². The van der Waals surface area contributed by atoms with Gasteiger partial charge in [-0.05, 0) is 5.54 Å². The second-order valence-electron chi connectivity index (χ2n) is 0.765. The molecule has 0 aromatic rings. The maximum absolute atomic E-state index is 9.22. The topological polar surface area (TPSA) is 43.1 Å². The number of primary amides is 1. The molecule has 0 rings (SSSR count). The highest BCUT2D eigenvalue weighted by Crippen LogP contribution is 1.60. The second-order valence-corrected chi connectivity index (χ2v) is 1.07. The minimum atomic E-state index is -0.333. The molecule has 0 spiro atoms. The van der Waals surface area contributed by atoms with Crippen molar-refractivity contribution in [1.29, 1.82) is 0 Å². The SMILES string of the molecule is C=CCl.CC(N)=O. The maximum atomic E-state index is 9.22. The van der Waals surface area contributed by atoms with E-state index in [4.69, 9.17) is 11.6 Å². The highest BCUT2D eigenvalue weighted by atomic mass is 35.5. The summed E-state index contributed by atoms with van der Waals surface area (Å²) in [5.41, 5.74) is 5.69. The Balaban J connectivity index is 0. The summed E-state index contributed by atoms with van der Waals surface area (Å²) in [5, 5.41) is 0. The first-order chi connectivity index (χ1) is 3.15. The molecular formula is C4H8ClNO. The fourth-order valence-corrected chi connectivity index (χ4v) is 0. The zero-order chi connectivity index (χ0) is 6.28. The minimum absolute atomic E-state index is 0.333. The van der Waals surface area contributed by atoms with Crippen molar-refractivity contribution in [2.24, 2.45) is 5.73 Å². The Labute approximate surface area is 48.0 Å². The molecule has 1 amide bonds. The van der Waals surface area contributed by atoms with Gasteiger partial charge in [0.1, 0.15) is 0 Å². The monoisotopic (exact) mass is 121 g/mol. The molecule has 0 fully saturated rings. The normalized spacial score (nSPS) is 5.43. The second kappa shape index (κ2) is 9.09. The van der Waals surface area contributed by atoms with Crippen LogP contribution in [0.15, 0.2) is 12.1 Å². The molecule has 2 N–H and O–H groups in total. The zero-order valence-electron chi connectivity index (χ0n) is 4.15. The van der Waals surface area contributed by atoms with E-state index in [0.29, 0.717) is 0 Å². The van der Waals surface area contributed by atoms with Crippen LogP contribution >= 0.6 is 11.6 Å². The molecule has 0 radical (unpaired) electrons. The minimum Gasteiger partial charge on any atom is -0.370 e. The van der Waals surface area contributed by atoms with Crippen LogP contribution in [0.25, 0.3) is 0 Å². The van der Waals surface area contributed by atoms with Crippen LogP contribution in [0.4, 0.5) is 0 Å². The van der Waals surface area contributed by atoms with Crippen molar-refractivity contribution >= 4 is 17.5 Å². The molecule has 0 aliphatic carbocycles. The molecule has 0 aromatic heterocycles. The van der Waals surface area contributed by atoms with Gasteiger partial charge in [0.15, 0.2) is 0 Å². The largest absolute Gasteiger partial charge is 0.370 e. The van der Waals surface area contributed by atoms with Gasteiger partial charge in [-0.1, -0.05) is 18.2 Å². The summed E-state index contributed by atoms with van der Waals surface area (Å²) in [7, 11) is 0. The summed E-state index contributed by atoms with van der Waals surface area (Å²) in [6.07, 6.45) is 0. The number of rotatable bonds is 0. The Kier molecular flexibility index (Phi) is 12.6. The van der Waals surface area contributed by atoms with Crippen molar-refractivity contribution in [2.75, 3.05) is 0 Å². The van der Waals surface area contributed by atoms with Gasteiger partial charge in [0.25, 0.3) is 0 Å². The van der Waals surface area contributed by atoms with Crippen molar-refractivity contribution in [3.63, 3.8) is 0 Å². The van der Waals surface area contributed by atoms with E-state index in [1.807, 2.05) is 0 Å². The van der Waals surface area contributed by atoms with E-state index in [1.54, 1.807) is 0 Å². The van der Waals surface area contributed by atoms with E-state index in [9.17, 15) is 4.79 Å². The first-order valence-electron chi connectivity index (χ1n) is 1.62. The van der Waals surface area contributed by atoms with Crippen molar-refractivity contribution in [3.05, 3.63) is 12.1 Å². The lowest BCUT2D eigenvalue weighted by molar-refractivity contribution is -0.115. The van der Waals surface area contributed by atoms with Gasteiger partial charge >= 0.3 is 0 Å². The molecule has 3 heteroatoms. The van der Waals surface area contributed by atoms with Crippen molar-refractivity contribution in [1.82, 2.24) is 0 Å². The van der Waals surface area contributed by atoms with Gasteiger partial charge in [-0.2, -0.15) is 0 Å². The van der Waals surface area contributed by atoms with Crippen LogP contribution in [-0.4, -0.2) is 5.91 Å². The van der Waals surface area contributed by atoms with Crippen LogP contribution in [0.3, 0.4) is 0 Å². The van der Waals surface area contributed by atoms with Gasteiger partial charge in [-0.3, -0.25) is 4.79 Å². The van der Waals surface area contributed by atoms with Crippen LogP contribution in [-0.2, 0) is 4.79 Å². The fraction of sp³-hybridized carbons (Fsp3) is 0.250. The van der Waals surface area contributed by atoms with Gasteiger partial charge in [-0.15, -0.1) is 0 Å². The van der Waals surface area contributed by atoms with Gasteiger partial charge in [0, 0.05) is 6.92 Å².